The summed E-state index contributed by atoms with van der Waals surface area (Å²) in [5, 5.41) is 0. The molecule has 0 N–H and O–H groups in total. The fraction of sp³-hybridized carbons (Fsp3) is 0.533. The molecule has 0 bridgehead atoms. The lowest BCUT2D eigenvalue weighted by Crippen LogP contribution is -2.50. The average molecular weight is 290 g/mol. The molecule has 1 fully saturated rings. The Balaban J connectivity index is 1.93. The summed E-state index contributed by atoms with van der Waals surface area (Å²) in [6, 6.07) is 3.74. The van der Waals surface area contributed by atoms with Crippen LogP contribution in [-0.2, 0) is 16.1 Å². The molecule has 21 heavy (non-hydrogen) atoms. The SMILES string of the molecule is CC(=O)N(CC(=O)N1CCN(C)CC1)Cc1cccnc1. The highest BCUT2D eigenvalue weighted by molar-refractivity contribution is 5.83. The van der Waals surface area contributed by atoms with Gasteiger partial charge < -0.3 is 14.7 Å². The van der Waals surface area contributed by atoms with Gasteiger partial charge in [0.15, 0.2) is 0 Å². The van der Waals surface area contributed by atoms with Crippen LogP contribution in [0.1, 0.15) is 12.5 Å². The molecule has 0 aromatic carbocycles. The minimum Gasteiger partial charge on any atom is -0.339 e. The lowest BCUT2D eigenvalue weighted by Gasteiger charge is -2.33. The number of aromatic nitrogens is 1. The van der Waals surface area contributed by atoms with Gasteiger partial charge in [-0.15, -0.1) is 0 Å². The topological polar surface area (TPSA) is 56.8 Å². The van der Waals surface area contributed by atoms with E-state index < -0.39 is 0 Å². The number of hydrogen-bond donors (Lipinski definition) is 0. The molecule has 1 aliphatic heterocycles. The summed E-state index contributed by atoms with van der Waals surface area (Å²) in [6.07, 6.45) is 3.41. The summed E-state index contributed by atoms with van der Waals surface area (Å²) in [5.74, 6) is -0.0801. The van der Waals surface area contributed by atoms with Gasteiger partial charge in [-0.3, -0.25) is 14.6 Å². The minimum atomic E-state index is -0.0960. The first kappa shape index (κ1) is 15.4. The van der Waals surface area contributed by atoms with Crippen LogP contribution < -0.4 is 0 Å². The van der Waals surface area contributed by atoms with Crippen LogP contribution in [-0.4, -0.2) is 71.3 Å². The molecule has 1 saturated heterocycles. The van der Waals surface area contributed by atoms with Gasteiger partial charge in [-0.25, -0.2) is 0 Å². The molecule has 1 aliphatic rings. The molecule has 0 saturated carbocycles. The van der Waals surface area contributed by atoms with Crippen LogP contribution in [0.15, 0.2) is 24.5 Å². The highest BCUT2D eigenvalue weighted by Gasteiger charge is 2.22. The van der Waals surface area contributed by atoms with Gasteiger partial charge in [0.25, 0.3) is 0 Å². The second kappa shape index (κ2) is 7.17. The van der Waals surface area contributed by atoms with E-state index in [4.69, 9.17) is 0 Å². The maximum absolute atomic E-state index is 12.3. The number of hydrogen-bond acceptors (Lipinski definition) is 4. The van der Waals surface area contributed by atoms with Gasteiger partial charge in [-0.2, -0.15) is 0 Å². The first-order chi connectivity index (χ1) is 10.1. The third-order valence-corrected chi connectivity index (χ3v) is 3.72. The lowest BCUT2D eigenvalue weighted by molar-refractivity contribution is -0.140. The first-order valence-electron chi connectivity index (χ1n) is 7.17. The van der Waals surface area contributed by atoms with Crippen LogP contribution in [0, 0.1) is 0 Å². The van der Waals surface area contributed by atoms with Crippen LogP contribution >= 0.6 is 0 Å². The number of amides is 2. The fourth-order valence-corrected chi connectivity index (χ4v) is 2.31. The molecule has 0 atom stereocenters. The lowest BCUT2D eigenvalue weighted by atomic mass is 10.2. The molecule has 1 aromatic rings. The van der Waals surface area contributed by atoms with Gasteiger partial charge in [0.05, 0.1) is 0 Å². The van der Waals surface area contributed by atoms with Crippen LogP contribution in [0.4, 0.5) is 0 Å². The summed E-state index contributed by atoms with van der Waals surface area (Å²) in [6.45, 7) is 5.27. The maximum atomic E-state index is 12.3. The number of piperazine rings is 1. The molecule has 2 heterocycles. The Hall–Kier alpha value is -1.95. The molecule has 1 aromatic heterocycles. The summed E-state index contributed by atoms with van der Waals surface area (Å²) in [5.41, 5.74) is 0.930. The minimum absolute atomic E-state index is 0.0159. The number of carbonyl (C=O) groups is 2. The van der Waals surface area contributed by atoms with E-state index in [1.54, 1.807) is 17.3 Å². The quantitative estimate of drug-likeness (QED) is 0.795. The second-order valence-electron chi connectivity index (χ2n) is 5.42. The molecule has 6 heteroatoms. The number of likely N-dealkylation sites (N-methyl/N-ethyl adjacent to an activating group) is 1. The van der Waals surface area contributed by atoms with Crippen LogP contribution in [0.5, 0.6) is 0 Å². The van der Waals surface area contributed by atoms with Crippen molar-refractivity contribution >= 4 is 11.8 Å². The summed E-state index contributed by atoms with van der Waals surface area (Å²) < 4.78 is 0. The van der Waals surface area contributed by atoms with E-state index in [0.29, 0.717) is 6.54 Å². The Morgan fingerprint density at radius 2 is 2.00 bits per heavy atom. The second-order valence-corrected chi connectivity index (χ2v) is 5.42. The predicted octanol–water partition coefficient (Wildman–Crippen LogP) is 0.204. The van der Waals surface area contributed by atoms with Crippen molar-refractivity contribution in [2.45, 2.75) is 13.5 Å². The average Bonchev–Trinajstić information content (AvgIpc) is 2.48. The van der Waals surface area contributed by atoms with E-state index in [1.165, 1.54) is 6.92 Å². The van der Waals surface area contributed by atoms with Crippen molar-refractivity contribution in [3.8, 4) is 0 Å². The zero-order valence-electron chi connectivity index (χ0n) is 12.7. The van der Waals surface area contributed by atoms with Crippen molar-refractivity contribution in [3.63, 3.8) is 0 Å². The van der Waals surface area contributed by atoms with Gasteiger partial charge in [0.1, 0.15) is 6.54 Å². The first-order valence-corrected chi connectivity index (χ1v) is 7.17. The molecule has 0 aliphatic carbocycles. The van der Waals surface area contributed by atoms with Gasteiger partial charge in [-0.1, -0.05) is 6.07 Å². The standard InChI is InChI=1S/C15H22N4O2/c1-13(20)19(11-14-4-3-5-16-10-14)12-15(21)18-8-6-17(2)7-9-18/h3-5,10H,6-9,11-12H2,1-2H3. The number of rotatable bonds is 4. The van der Waals surface area contributed by atoms with E-state index in [2.05, 4.69) is 9.88 Å². The summed E-state index contributed by atoms with van der Waals surface area (Å²) >= 11 is 0. The van der Waals surface area contributed by atoms with E-state index in [0.717, 1.165) is 31.7 Å². The van der Waals surface area contributed by atoms with Gasteiger partial charge >= 0.3 is 0 Å². The third-order valence-electron chi connectivity index (χ3n) is 3.72. The maximum Gasteiger partial charge on any atom is 0.242 e. The molecule has 0 radical (unpaired) electrons. The van der Waals surface area contributed by atoms with Crippen molar-refractivity contribution in [1.29, 1.82) is 0 Å². The molecular weight excluding hydrogens is 268 g/mol. The van der Waals surface area contributed by atoms with Gasteiger partial charge in [0, 0.05) is 52.0 Å². The van der Waals surface area contributed by atoms with E-state index in [-0.39, 0.29) is 18.4 Å². The van der Waals surface area contributed by atoms with Crippen molar-refractivity contribution in [1.82, 2.24) is 19.7 Å². The molecule has 0 spiro atoms. The van der Waals surface area contributed by atoms with Crippen LogP contribution in [0.25, 0.3) is 0 Å². The highest BCUT2D eigenvalue weighted by atomic mass is 16.2. The van der Waals surface area contributed by atoms with E-state index >= 15 is 0 Å². The molecular formula is C15H22N4O2. The van der Waals surface area contributed by atoms with Crippen molar-refractivity contribution in [2.24, 2.45) is 0 Å². The fourth-order valence-electron chi connectivity index (χ4n) is 2.31. The molecule has 2 amide bonds. The van der Waals surface area contributed by atoms with Crippen LogP contribution in [0.2, 0.25) is 0 Å². The molecule has 114 valence electrons. The largest absolute Gasteiger partial charge is 0.339 e. The van der Waals surface area contributed by atoms with Crippen LogP contribution in [0.3, 0.4) is 0 Å². The predicted molar refractivity (Wildman–Crippen MR) is 79.4 cm³/mol. The Morgan fingerprint density at radius 1 is 1.29 bits per heavy atom. The zero-order valence-corrected chi connectivity index (χ0v) is 12.7. The number of carbonyl (C=O) groups excluding carboxylic acids is 2. The molecule has 0 unspecified atom stereocenters. The summed E-state index contributed by atoms with van der Waals surface area (Å²) in [7, 11) is 2.05. The Morgan fingerprint density at radius 3 is 2.57 bits per heavy atom. The Kier molecular flexibility index (Phi) is 5.27. The number of pyridine rings is 1. The van der Waals surface area contributed by atoms with E-state index in [1.807, 2.05) is 24.1 Å². The molecule has 2 rings (SSSR count). The Labute approximate surface area is 125 Å². The van der Waals surface area contributed by atoms with Crippen molar-refractivity contribution in [3.05, 3.63) is 30.1 Å². The third kappa shape index (κ3) is 4.53. The van der Waals surface area contributed by atoms with Crippen molar-refractivity contribution < 1.29 is 9.59 Å². The van der Waals surface area contributed by atoms with Gasteiger partial charge in [-0.05, 0) is 18.7 Å². The van der Waals surface area contributed by atoms with Crippen molar-refractivity contribution in [2.75, 3.05) is 39.8 Å². The normalized spacial score (nSPS) is 15.8. The molecule has 6 nitrogen and oxygen atoms in total. The smallest absolute Gasteiger partial charge is 0.242 e. The summed E-state index contributed by atoms with van der Waals surface area (Å²) in [4.78, 5) is 33.7. The monoisotopic (exact) mass is 290 g/mol. The Bertz CT molecular complexity index is 484. The highest BCUT2D eigenvalue weighted by Crippen LogP contribution is 2.06. The van der Waals surface area contributed by atoms with Gasteiger partial charge in [0.2, 0.25) is 11.8 Å². The number of nitrogens with zero attached hydrogens (tertiary/aromatic N) is 4. The van der Waals surface area contributed by atoms with E-state index in [9.17, 15) is 9.59 Å². The zero-order chi connectivity index (χ0) is 15.2.